The van der Waals surface area contributed by atoms with E-state index in [0.29, 0.717) is 23.0 Å². The van der Waals surface area contributed by atoms with Crippen molar-refractivity contribution in [3.8, 4) is 23.0 Å². The van der Waals surface area contributed by atoms with E-state index < -0.39 is 0 Å². The third-order valence-corrected chi connectivity index (χ3v) is 4.06. The molecule has 0 bridgehead atoms. The van der Waals surface area contributed by atoms with Gasteiger partial charge in [-0.2, -0.15) is 0 Å². The summed E-state index contributed by atoms with van der Waals surface area (Å²) >= 11 is 0. The molecule has 6 heteroatoms. The van der Waals surface area contributed by atoms with Gasteiger partial charge in [-0.1, -0.05) is 0 Å². The van der Waals surface area contributed by atoms with Gasteiger partial charge in [-0.05, 0) is 48.9 Å². The Hall–Kier alpha value is -3.15. The van der Waals surface area contributed by atoms with Crippen LogP contribution < -0.4 is 24.3 Å². The summed E-state index contributed by atoms with van der Waals surface area (Å²) in [5.74, 6) is 2.47. The number of carbonyl (C=O) groups excluding carboxylic acids is 1. The summed E-state index contributed by atoms with van der Waals surface area (Å²) in [6, 6.07) is 10.6. The normalized spacial score (nSPS) is 11.7. The monoisotopic (exact) mass is 371 g/mol. The lowest BCUT2D eigenvalue weighted by molar-refractivity contribution is -0.117. The van der Waals surface area contributed by atoms with Gasteiger partial charge in [0.25, 0.3) is 0 Å². The molecular weight excluding hydrogens is 346 g/mol. The first-order valence-electron chi connectivity index (χ1n) is 8.44. The molecule has 0 aliphatic carbocycles. The Bertz CT molecular complexity index is 794. The van der Waals surface area contributed by atoms with E-state index in [-0.39, 0.29) is 11.9 Å². The standard InChI is InChI=1S/C21H25NO5/c1-14(19-13-16(24-2)7-8-20(19)27-5)22-21(23)9-6-15-10-17(25-3)12-18(11-15)26-4/h6-14H,1-5H3,(H,22,23)/b9-6+/t14-/m0/s1. The highest BCUT2D eigenvalue weighted by molar-refractivity contribution is 5.92. The number of hydrogen-bond acceptors (Lipinski definition) is 5. The van der Waals surface area contributed by atoms with Gasteiger partial charge in [-0.25, -0.2) is 0 Å². The number of amides is 1. The van der Waals surface area contributed by atoms with Gasteiger partial charge in [0.2, 0.25) is 5.91 Å². The van der Waals surface area contributed by atoms with E-state index in [9.17, 15) is 4.79 Å². The molecule has 6 nitrogen and oxygen atoms in total. The van der Waals surface area contributed by atoms with Gasteiger partial charge < -0.3 is 24.3 Å². The van der Waals surface area contributed by atoms with Gasteiger partial charge in [0.05, 0.1) is 34.5 Å². The number of ether oxygens (including phenoxy) is 4. The lowest BCUT2D eigenvalue weighted by Gasteiger charge is -2.17. The van der Waals surface area contributed by atoms with Crippen LogP contribution in [0.4, 0.5) is 0 Å². The summed E-state index contributed by atoms with van der Waals surface area (Å²) in [5, 5.41) is 2.93. The highest BCUT2D eigenvalue weighted by Gasteiger charge is 2.14. The topological polar surface area (TPSA) is 66.0 Å². The van der Waals surface area contributed by atoms with Gasteiger partial charge in [0.15, 0.2) is 0 Å². The second-order valence-electron chi connectivity index (χ2n) is 5.82. The quantitative estimate of drug-likeness (QED) is 0.718. The molecule has 0 aliphatic heterocycles. The van der Waals surface area contributed by atoms with Gasteiger partial charge >= 0.3 is 0 Å². The molecule has 27 heavy (non-hydrogen) atoms. The highest BCUT2D eigenvalue weighted by Crippen LogP contribution is 2.29. The van der Waals surface area contributed by atoms with Crippen molar-refractivity contribution in [3.63, 3.8) is 0 Å². The average molecular weight is 371 g/mol. The Kier molecular flexibility index (Phi) is 7.11. The van der Waals surface area contributed by atoms with Gasteiger partial charge in [0, 0.05) is 17.7 Å². The third-order valence-electron chi connectivity index (χ3n) is 4.06. The zero-order chi connectivity index (χ0) is 19.8. The zero-order valence-corrected chi connectivity index (χ0v) is 16.2. The summed E-state index contributed by atoms with van der Waals surface area (Å²) < 4.78 is 21.1. The summed E-state index contributed by atoms with van der Waals surface area (Å²) in [5.41, 5.74) is 1.63. The van der Waals surface area contributed by atoms with Crippen molar-refractivity contribution in [2.75, 3.05) is 28.4 Å². The molecule has 1 atom stereocenters. The minimum absolute atomic E-state index is 0.228. The number of hydrogen-bond donors (Lipinski definition) is 1. The van der Waals surface area contributed by atoms with Crippen LogP contribution in [0.2, 0.25) is 0 Å². The first-order chi connectivity index (χ1) is 13.0. The molecule has 0 spiro atoms. The molecule has 0 aliphatic rings. The first kappa shape index (κ1) is 20.2. The zero-order valence-electron chi connectivity index (χ0n) is 16.2. The molecule has 2 aromatic rings. The third kappa shape index (κ3) is 5.41. The Morgan fingerprint density at radius 1 is 0.889 bits per heavy atom. The van der Waals surface area contributed by atoms with E-state index in [2.05, 4.69) is 5.32 Å². The molecule has 2 rings (SSSR count). The summed E-state index contributed by atoms with van der Waals surface area (Å²) in [6.07, 6.45) is 3.17. The smallest absolute Gasteiger partial charge is 0.244 e. The van der Waals surface area contributed by atoms with Crippen molar-refractivity contribution >= 4 is 12.0 Å². The van der Waals surface area contributed by atoms with Gasteiger partial charge in [0.1, 0.15) is 23.0 Å². The largest absolute Gasteiger partial charge is 0.497 e. The Morgan fingerprint density at radius 2 is 1.52 bits per heavy atom. The number of benzene rings is 2. The van der Waals surface area contributed by atoms with Crippen molar-refractivity contribution in [2.24, 2.45) is 0 Å². The van der Waals surface area contributed by atoms with Gasteiger partial charge in [-0.3, -0.25) is 4.79 Å². The van der Waals surface area contributed by atoms with Crippen LogP contribution in [0.5, 0.6) is 23.0 Å². The predicted molar refractivity (Wildman–Crippen MR) is 105 cm³/mol. The maximum atomic E-state index is 12.3. The molecule has 0 saturated carbocycles. The van der Waals surface area contributed by atoms with E-state index in [1.165, 1.54) is 6.08 Å². The second-order valence-corrected chi connectivity index (χ2v) is 5.82. The van der Waals surface area contributed by atoms with Crippen LogP contribution in [0.15, 0.2) is 42.5 Å². The molecule has 0 heterocycles. The molecule has 144 valence electrons. The Balaban J connectivity index is 2.12. The SMILES string of the molecule is COc1cc(/C=C/C(=O)N[C@@H](C)c2cc(OC)ccc2OC)cc(OC)c1. The number of nitrogens with one attached hydrogen (secondary N) is 1. The van der Waals surface area contributed by atoms with Crippen LogP contribution in [-0.4, -0.2) is 34.3 Å². The predicted octanol–water partition coefficient (Wildman–Crippen LogP) is 3.61. The molecule has 1 amide bonds. The van der Waals surface area contributed by atoms with Crippen LogP contribution in [0.1, 0.15) is 24.1 Å². The van der Waals surface area contributed by atoms with Gasteiger partial charge in [-0.15, -0.1) is 0 Å². The molecule has 0 saturated heterocycles. The highest BCUT2D eigenvalue weighted by atomic mass is 16.5. The number of methoxy groups -OCH3 is 4. The van der Waals surface area contributed by atoms with Crippen LogP contribution in [0.25, 0.3) is 6.08 Å². The summed E-state index contributed by atoms with van der Waals surface area (Å²) in [7, 11) is 6.35. The van der Waals surface area contributed by atoms with Crippen molar-refractivity contribution in [3.05, 3.63) is 53.6 Å². The molecular formula is C21H25NO5. The molecule has 0 radical (unpaired) electrons. The fourth-order valence-corrected chi connectivity index (χ4v) is 2.61. The van der Waals surface area contributed by atoms with E-state index in [0.717, 1.165) is 11.1 Å². The molecule has 0 aromatic heterocycles. The molecule has 0 fully saturated rings. The van der Waals surface area contributed by atoms with Crippen LogP contribution in [0, 0.1) is 0 Å². The summed E-state index contributed by atoms with van der Waals surface area (Å²) in [6.45, 7) is 1.89. The molecule has 2 aromatic carbocycles. The van der Waals surface area contributed by atoms with E-state index in [1.807, 2.05) is 37.3 Å². The molecule has 1 N–H and O–H groups in total. The molecule has 0 unspecified atom stereocenters. The van der Waals surface area contributed by atoms with Crippen LogP contribution in [0.3, 0.4) is 0 Å². The minimum atomic E-state index is -0.257. The van der Waals surface area contributed by atoms with E-state index in [1.54, 1.807) is 40.6 Å². The average Bonchev–Trinajstić information content (AvgIpc) is 2.71. The number of carbonyl (C=O) groups is 1. The first-order valence-corrected chi connectivity index (χ1v) is 8.44. The van der Waals surface area contributed by atoms with Crippen molar-refractivity contribution in [1.29, 1.82) is 0 Å². The van der Waals surface area contributed by atoms with Crippen LogP contribution in [-0.2, 0) is 4.79 Å². The maximum Gasteiger partial charge on any atom is 0.244 e. The van der Waals surface area contributed by atoms with Crippen molar-refractivity contribution in [1.82, 2.24) is 5.32 Å². The lowest BCUT2D eigenvalue weighted by Crippen LogP contribution is -2.25. The summed E-state index contributed by atoms with van der Waals surface area (Å²) in [4.78, 5) is 12.3. The Morgan fingerprint density at radius 3 is 2.07 bits per heavy atom. The van der Waals surface area contributed by atoms with Crippen molar-refractivity contribution in [2.45, 2.75) is 13.0 Å². The number of rotatable bonds is 8. The fraction of sp³-hybridized carbons (Fsp3) is 0.286. The fourth-order valence-electron chi connectivity index (χ4n) is 2.61. The van der Waals surface area contributed by atoms with E-state index >= 15 is 0 Å². The lowest BCUT2D eigenvalue weighted by atomic mass is 10.1. The minimum Gasteiger partial charge on any atom is -0.497 e. The maximum absolute atomic E-state index is 12.3. The second kappa shape index (κ2) is 9.52. The van der Waals surface area contributed by atoms with Crippen molar-refractivity contribution < 1.29 is 23.7 Å². The Labute approximate surface area is 159 Å². The van der Waals surface area contributed by atoms with Crippen LogP contribution >= 0.6 is 0 Å². The van der Waals surface area contributed by atoms with E-state index in [4.69, 9.17) is 18.9 Å².